The molecule has 0 saturated carbocycles. The highest BCUT2D eigenvalue weighted by Gasteiger charge is 2.16. The minimum atomic E-state index is -3.59. The Morgan fingerprint density at radius 2 is 2.32 bits per heavy atom. The molecule has 2 heterocycles. The molecule has 0 unspecified atom stereocenters. The molecule has 2 rings (SSSR count). The molecule has 0 bridgehead atoms. The summed E-state index contributed by atoms with van der Waals surface area (Å²) in [5.74, 6) is 0.444. The second kappa shape index (κ2) is 5.91. The summed E-state index contributed by atoms with van der Waals surface area (Å²) in [5, 5.41) is 10.2. The average molecular weight is 285 g/mol. The Hall–Kier alpha value is -1.78. The summed E-state index contributed by atoms with van der Waals surface area (Å²) in [4.78, 5) is 3.95. The van der Waals surface area contributed by atoms with Crippen molar-refractivity contribution in [3.05, 3.63) is 24.5 Å². The maximum Gasteiger partial charge on any atom is 0.244 e. The lowest BCUT2D eigenvalue weighted by Gasteiger charge is -2.02. The number of nitrogens with one attached hydrogen (secondary N) is 2. The van der Waals surface area contributed by atoms with Crippen molar-refractivity contribution < 1.29 is 8.42 Å². The fourth-order valence-corrected chi connectivity index (χ4v) is 2.36. The SMILES string of the molecule is NCCCn1cc(S(=O)(=O)NCc2ncn[nH]2)cn1. The lowest BCUT2D eigenvalue weighted by Crippen LogP contribution is -2.23. The highest BCUT2D eigenvalue weighted by atomic mass is 32.2. The van der Waals surface area contributed by atoms with Crippen molar-refractivity contribution in [3.8, 4) is 0 Å². The summed E-state index contributed by atoms with van der Waals surface area (Å²) in [6, 6.07) is 0. The predicted molar refractivity (Wildman–Crippen MR) is 66.3 cm³/mol. The number of H-pyrrole nitrogens is 1. The van der Waals surface area contributed by atoms with E-state index in [1.165, 1.54) is 18.7 Å². The van der Waals surface area contributed by atoms with Crippen LogP contribution in [0.25, 0.3) is 0 Å². The number of aromatic nitrogens is 5. The first-order valence-electron chi connectivity index (χ1n) is 5.68. The molecule has 0 aromatic carbocycles. The largest absolute Gasteiger partial charge is 0.330 e. The van der Waals surface area contributed by atoms with E-state index in [9.17, 15) is 8.42 Å². The van der Waals surface area contributed by atoms with E-state index in [1.807, 2.05) is 0 Å². The van der Waals surface area contributed by atoms with Crippen molar-refractivity contribution in [1.29, 1.82) is 0 Å². The minimum absolute atomic E-state index is 0.0519. The van der Waals surface area contributed by atoms with Crippen molar-refractivity contribution in [2.24, 2.45) is 5.73 Å². The summed E-state index contributed by atoms with van der Waals surface area (Å²) in [7, 11) is -3.59. The lowest BCUT2D eigenvalue weighted by atomic mass is 10.4. The Labute approximate surface area is 110 Å². The van der Waals surface area contributed by atoms with E-state index in [1.54, 1.807) is 4.68 Å². The van der Waals surface area contributed by atoms with Gasteiger partial charge in [-0.05, 0) is 13.0 Å². The Morgan fingerprint density at radius 3 is 3.00 bits per heavy atom. The first kappa shape index (κ1) is 13.6. The fraction of sp³-hybridized carbons (Fsp3) is 0.444. The molecule has 0 saturated heterocycles. The van der Waals surface area contributed by atoms with Crippen molar-refractivity contribution >= 4 is 10.0 Å². The van der Waals surface area contributed by atoms with Crippen LogP contribution in [0.5, 0.6) is 0 Å². The van der Waals surface area contributed by atoms with Crippen LogP contribution in [0.3, 0.4) is 0 Å². The van der Waals surface area contributed by atoms with Gasteiger partial charge in [-0.2, -0.15) is 10.2 Å². The van der Waals surface area contributed by atoms with Gasteiger partial charge in [0.1, 0.15) is 17.0 Å². The molecule has 0 aliphatic carbocycles. The molecule has 19 heavy (non-hydrogen) atoms. The zero-order chi connectivity index (χ0) is 13.7. The molecule has 0 radical (unpaired) electrons. The van der Waals surface area contributed by atoms with Gasteiger partial charge in [-0.25, -0.2) is 18.1 Å². The summed E-state index contributed by atoms with van der Waals surface area (Å²) in [6.45, 7) is 1.18. The molecule has 4 N–H and O–H groups in total. The number of hydrogen-bond donors (Lipinski definition) is 3. The number of sulfonamides is 1. The van der Waals surface area contributed by atoms with E-state index in [0.29, 0.717) is 18.9 Å². The van der Waals surface area contributed by atoms with Gasteiger partial charge in [0, 0.05) is 12.7 Å². The molecule has 10 heteroatoms. The summed E-state index contributed by atoms with van der Waals surface area (Å²) in [6.07, 6.45) is 4.83. The highest BCUT2D eigenvalue weighted by molar-refractivity contribution is 7.89. The van der Waals surface area contributed by atoms with Gasteiger partial charge in [0.25, 0.3) is 0 Å². The van der Waals surface area contributed by atoms with E-state index in [0.717, 1.165) is 6.42 Å². The van der Waals surface area contributed by atoms with Gasteiger partial charge < -0.3 is 5.73 Å². The van der Waals surface area contributed by atoms with Crippen LogP contribution in [0.2, 0.25) is 0 Å². The molecule has 104 valence electrons. The second-order valence-corrected chi connectivity index (χ2v) is 5.61. The standard InChI is InChI=1S/C9H15N7O2S/c10-2-1-3-16-6-8(4-13-16)19(17,18)14-5-9-11-7-12-15-9/h4,6-7,14H,1-3,5,10H2,(H,11,12,15). The molecule has 9 nitrogen and oxygen atoms in total. The quantitative estimate of drug-likeness (QED) is 0.587. The van der Waals surface area contributed by atoms with E-state index in [4.69, 9.17) is 5.73 Å². The third kappa shape index (κ3) is 3.59. The van der Waals surface area contributed by atoms with Gasteiger partial charge in [0.05, 0.1) is 12.7 Å². The Bertz CT molecular complexity index is 604. The third-order valence-electron chi connectivity index (χ3n) is 2.41. The lowest BCUT2D eigenvalue weighted by molar-refractivity contribution is 0.574. The smallest absolute Gasteiger partial charge is 0.244 e. The molecule has 2 aromatic heterocycles. The normalized spacial score (nSPS) is 11.8. The number of nitrogens with zero attached hydrogens (tertiary/aromatic N) is 4. The number of aryl methyl sites for hydroxylation is 1. The number of hydrogen-bond acceptors (Lipinski definition) is 6. The molecule has 0 spiro atoms. The first-order valence-corrected chi connectivity index (χ1v) is 7.16. The Morgan fingerprint density at radius 1 is 1.47 bits per heavy atom. The van der Waals surface area contributed by atoms with Gasteiger partial charge in [-0.3, -0.25) is 9.78 Å². The molecule has 0 aliphatic heterocycles. The Balaban J connectivity index is 2.00. The van der Waals surface area contributed by atoms with Crippen LogP contribution in [-0.4, -0.2) is 39.9 Å². The van der Waals surface area contributed by atoms with E-state index in [2.05, 4.69) is 25.0 Å². The van der Waals surface area contributed by atoms with Gasteiger partial charge in [0.15, 0.2) is 0 Å². The van der Waals surface area contributed by atoms with E-state index in [-0.39, 0.29) is 11.4 Å². The molecular formula is C9H15N7O2S. The van der Waals surface area contributed by atoms with Crippen molar-refractivity contribution in [2.45, 2.75) is 24.4 Å². The summed E-state index contributed by atoms with van der Waals surface area (Å²) < 4.78 is 27.9. The van der Waals surface area contributed by atoms with Crippen molar-refractivity contribution in [3.63, 3.8) is 0 Å². The molecule has 2 aromatic rings. The topological polar surface area (TPSA) is 132 Å². The summed E-state index contributed by atoms with van der Waals surface area (Å²) in [5.41, 5.74) is 5.38. The molecule has 0 fully saturated rings. The van der Waals surface area contributed by atoms with Gasteiger partial charge in [-0.1, -0.05) is 0 Å². The summed E-state index contributed by atoms with van der Waals surface area (Å²) >= 11 is 0. The van der Waals surface area contributed by atoms with Crippen molar-refractivity contribution in [2.75, 3.05) is 6.54 Å². The number of nitrogens with two attached hydrogens (primary N) is 1. The van der Waals surface area contributed by atoms with Crippen LogP contribution in [0.1, 0.15) is 12.2 Å². The average Bonchev–Trinajstić information content (AvgIpc) is 3.05. The van der Waals surface area contributed by atoms with E-state index < -0.39 is 10.0 Å². The maximum absolute atomic E-state index is 12.0. The highest BCUT2D eigenvalue weighted by Crippen LogP contribution is 2.07. The van der Waals surface area contributed by atoms with Crippen LogP contribution in [-0.2, 0) is 23.1 Å². The molecular weight excluding hydrogens is 270 g/mol. The van der Waals surface area contributed by atoms with E-state index >= 15 is 0 Å². The number of rotatable bonds is 7. The van der Waals surface area contributed by atoms with Crippen LogP contribution in [0.4, 0.5) is 0 Å². The predicted octanol–water partition coefficient (Wildman–Crippen LogP) is -1.17. The zero-order valence-electron chi connectivity index (χ0n) is 10.2. The third-order valence-corrected chi connectivity index (χ3v) is 3.76. The van der Waals surface area contributed by atoms with Gasteiger partial charge in [-0.15, -0.1) is 0 Å². The zero-order valence-corrected chi connectivity index (χ0v) is 11.0. The first-order chi connectivity index (χ1) is 9.12. The van der Waals surface area contributed by atoms with Gasteiger partial charge in [0.2, 0.25) is 10.0 Å². The Kier molecular flexibility index (Phi) is 4.24. The van der Waals surface area contributed by atoms with Crippen LogP contribution >= 0.6 is 0 Å². The van der Waals surface area contributed by atoms with Crippen LogP contribution in [0, 0.1) is 0 Å². The van der Waals surface area contributed by atoms with Crippen molar-refractivity contribution in [1.82, 2.24) is 29.7 Å². The second-order valence-electron chi connectivity index (χ2n) is 3.84. The van der Waals surface area contributed by atoms with Gasteiger partial charge >= 0.3 is 0 Å². The van der Waals surface area contributed by atoms with Crippen LogP contribution in [0.15, 0.2) is 23.6 Å². The number of aromatic amines is 1. The molecule has 0 atom stereocenters. The molecule has 0 aliphatic rings. The maximum atomic E-state index is 12.0. The minimum Gasteiger partial charge on any atom is -0.330 e. The fourth-order valence-electron chi connectivity index (χ4n) is 1.42. The molecule has 0 amide bonds. The monoisotopic (exact) mass is 285 g/mol. The van der Waals surface area contributed by atoms with Crippen LogP contribution < -0.4 is 10.5 Å².